The normalized spacial score (nSPS) is 19.5. The molecule has 1 aliphatic rings. The van der Waals surface area contributed by atoms with Crippen molar-refractivity contribution in [3.8, 4) is 0 Å². The molecule has 0 aliphatic carbocycles. The predicted molar refractivity (Wildman–Crippen MR) is 85.3 cm³/mol. The third-order valence-corrected chi connectivity index (χ3v) is 5.19. The van der Waals surface area contributed by atoms with Crippen LogP contribution in [0.25, 0.3) is 0 Å². The van der Waals surface area contributed by atoms with Crippen LogP contribution in [0.1, 0.15) is 25.3 Å². The number of thioether (sulfide) groups is 1. The summed E-state index contributed by atoms with van der Waals surface area (Å²) in [5.41, 5.74) is 1.26. The van der Waals surface area contributed by atoms with Crippen molar-refractivity contribution in [1.29, 1.82) is 0 Å². The Morgan fingerprint density at radius 2 is 2.26 bits per heavy atom. The van der Waals surface area contributed by atoms with Gasteiger partial charge in [-0.3, -0.25) is 4.79 Å². The molecule has 0 spiro atoms. The largest absolute Gasteiger partial charge is 0.342 e. The minimum Gasteiger partial charge on any atom is -0.342 e. The Hall–Kier alpha value is -0.480. The first-order valence-electron chi connectivity index (χ1n) is 6.75. The second-order valence-corrected chi connectivity index (χ2v) is 7.01. The number of hydrogen-bond donors (Lipinski definition) is 0. The minimum atomic E-state index is 0.295. The van der Waals surface area contributed by atoms with Crippen LogP contribution in [0.5, 0.6) is 0 Å². The van der Waals surface area contributed by atoms with Crippen LogP contribution in [-0.2, 0) is 10.5 Å². The van der Waals surface area contributed by atoms with Crippen LogP contribution in [0.15, 0.2) is 28.7 Å². The molecule has 4 heteroatoms. The summed E-state index contributed by atoms with van der Waals surface area (Å²) in [7, 11) is 0. The molecule has 1 amide bonds. The lowest BCUT2D eigenvalue weighted by molar-refractivity contribution is -0.130. The fraction of sp³-hybridized carbons (Fsp3) is 0.533. The van der Waals surface area contributed by atoms with Gasteiger partial charge in [-0.25, -0.2) is 0 Å². The van der Waals surface area contributed by atoms with E-state index in [1.165, 1.54) is 12.0 Å². The molecule has 1 atom stereocenters. The lowest BCUT2D eigenvalue weighted by atomic mass is 10.0. The third kappa shape index (κ3) is 4.53. The highest BCUT2D eigenvalue weighted by Crippen LogP contribution is 2.22. The van der Waals surface area contributed by atoms with Crippen molar-refractivity contribution in [2.45, 2.75) is 25.5 Å². The fourth-order valence-electron chi connectivity index (χ4n) is 2.37. The molecule has 1 aromatic carbocycles. The fourth-order valence-corrected chi connectivity index (χ4v) is 3.91. The van der Waals surface area contributed by atoms with E-state index in [0.717, 1.165) is 29.7 Å². The van der Waals surface area contributed by atoms with Gasteiger partial charge in [-0.15, -0.1) is 11.8 Å². The summed E-state index contributed by atoms with van der Waals surface area (Å²) < 4.78 is 1.13. The second-order valence-electron chi connectivity index (χ2n) is 5.17. The summed E-state index contributed by atoms with van der Waals surface area (Å²) >= 11 is 5.24. The van der Waals surface area contributed by atoms with Crippen molar-refractivity contribution in [1.82, 2.24) is 4.90 Å². The van der Waals surface area contributed by atoms with E-state index in [2.05, 4.69) is 28.9 Å². The molecule has 0 bridgehead atoms. The van der Waals surface area contributed by atoms with Gasteiger partial charge in [0.05, 0.1) is 5.75 Å². The molecular weight excluding hydrogens is 322 g/mol. The van der Waals surface area contributed by atoms with Gasteiger partial charge in [-0.1, -0.05) is 41.1 Å². The maximum atomic E-state index is 12.1. The molecule has 0 unspecified atom stereocenters. The number of rotatable bonds is 4. The first-order chi connectivity index (χ1) is 9.16. The van der Waals surface area contributed by atoms with Crippen LogP contribution in [0.3, 0.4) is 0 Å². The molecular formula is C15H20BrNOS. The number of piperidine rings is 1. The highest BCUT2D eigenvalue weighted by molar-refractivity contribution is 9.10. The molecule has 2 nitrogen and oxygen atoms in total. The minimum absolute atomic E-state index is 0.295. The Kier molecular flexibility index (Phi) is 5.76. The average Bonchev–Trinajstić information content (AvgIpc) is 2.41. The average molecular weight is 342 g/mol. The number of carbonyl (C=O) groups is 1. The molecule has 104 valence electrons. The van der Waals surface area contributed by atoms with Crippen molar-refractivity contribution in [2.24, 2.45) is 5.92 Å². The molecule has 1 fully saturated rings. The maximum Gasteiger partial charge on any atom is 0.232 e. The lowest BCUT2D eigenvalue weighted by Crippen LogP contribution is -2.40. The van der Waals surface area contributed by atoms with Gasteiger partial charge in [0.2, 0.25) is 5.91 Å². The highest BCUT2D eigenvalue weighted by Gasteiger charge is 2.20. The smallest absolute Gasteiger partial charge is 0.232 e. The third-order valence-electron chi connectivity index (χ3n) is 3.45. The van der Waals surface area contributed by atoms with Crippen molar-refractivity contribution in [2.75, 3.05) is 18.8 Å². The SMILES string of the molecule is C[C@H]1CCCN(C(=O)CSCc2ccccc2Br)C1. The van der Waals surface area contributed by atoms with E-state index in [1.54, 1.807) is 11.8 Å². The van der Waals surface area contributed by atoms with E-state index >= 15 is 0 Å². The molecule has 19 heavy (non-hydrogen) atoms. The maximum absolute atomic E-state index is 12.1. The lowest BCUT2D eigenvalue weighted by Gasteiger charge is -2.30. The van der Waals surface area contributed by atoms with E-state index in [-0.39, 0.29) is 0 Å². The van der Waals surface area contributed by atoms with Gasteiger partial charge in [-0.2, -0.15) is 0 Å². The van der Waals surface area contributed by atoms with Gasteiger partial charge in [0.1, 0.15) is 0 Å². The van der Waals surface area contributed by atoms with Gasteiger partial charge in [-0.05, 0) is 30.4 Å². The molecule has 0 saturated carbocycles. The quantitative estimate of drug-likeness (QED) is 0.826. The predicted octanol–water partition coefficient (Wildman–Crippen LogP) is 3.94. The summed E-state index contributed by atoms with van der Waals surface area (Å²) in [5, 5.41) is 0. The Balaban J connectivity index is 1.76. The first-order valence-corrected chi connectivity index (χ1v) is 8.70. The zero-order valence-electron chi connectivity index (χ0n) is 11.3. The van der Waals surface area contributed by atoms with E-state index < -0.39 is 0 Å². The molecule has 0 N–H and O–H groups in total. The van der Waals surface area contributed by atoms with Crippen LogP contribution in [-0.4, -0.2) is 29.6 Å². The summed E-state index contributed by atoms with van der Waals surface area (Å²) in [6.07, 6.45) is 2.41. The monoisotopic (exact) mass is 341 g/mol. The van der Waals surface area contributed by atoms with E-state index in [0.29, 0.717) is 17.6 Å². The number of benzene rings is 1. The molecule has 0 aromatic heterocycles. The van der Waals surface area contributed by atoms with Gasteiger partial charge in [0.25, 0.3) is 0 Å². The summed E-state index contributed by atoms with van der Waals surface area (Å²) in [6.45, 7) is 4.11. The Morgan fingerprint density at radius 3 is 3.00 bits per heavy atom. The Morgan fingerprint density at radius 1 is 1.47 bits per heavy atom. The molecule has 2 rings (SSSR count). The number of hydrogen-bond acceptors (Lipinski definition) is 2. The van der Waals surface area contributed by atoms with Crippen LogP contribution < -0.4 is 0 Å². The van der Waals surface area contributed by atoms with Gasteiger partial charge >= 0.3 is 0 Å². The van der Waals surface area contributed by atoms with Crippen LogP contribution in [0.4, 0.5) is 0 Å². The summed E-state index contributed by atoms with van der Waals surface area (Å²) in [4.78, 5) is 14.1. The van der Waals surface area contributed by atoms with E-state index in [9.17, 15) is 4.79 Å². The first kappa shape index (κ1) is 14.9. The topological polar surface area (TPSA) is 20.3 Å². The zero-order chi connectivity index (χ0) is 13.7. The van der Waals surface area contributed by atoms with Crippen molar-refractivity contribution in [3.63, 3.8) is 0 Å². The Labute approximate surface area is 128 Å². The van der Waals surface area contributed by atoms with Crippen molar-refractivity contribution in [3.05, 3.63) is 34.3 Å². The van der Waals surface area contributed by atoms with Gasteiger partial charge in [0, 0.05) is 23.3 Å². The van der Waals surface area contributed by atoms with Crippen molar-refractivity contribution >= 4 is 33.6 Å². The number of likely N-dealkylation sites (tertiary alicyclic amines) is 1. The standard InChI is InChI=1S/C15H20BrNOS/c1-12-5-4-8-17(9-12)15(18)11-19-10-13-6-2-3-7-14(13)16/h2-3,6-7,12H,4-5,8-11H2,1H3/t12-/m0/s1. The van der Waals surface area contributed by atoms with Gasteiger partial charge < -0.3 is 4.90 Å². The Bertz CT molecular complexity index is 438. The number of amides is 1. The number of nitrogens with zero attached hydrogens (tertiary/aromatic N) is 1. The van der Waals surface area contributed by atoms with E-state index in [4.69, 9.17) is 0 Å². The molecule has 1 aliphatic heterocycles. The molecule has 1 heterocycles. The highest BCUT2D eigenvalue weighted by atomic mass is 79.9. The molecule has 1 saturated heterocycles. The van der Waals surface area contributed by atoms with E-state index in [1.807, 2.05) is 23.1 Å². The number of halogens is 1. The van der Waals surface area contributed by atoms with Crippen LogP contribution in [0.2, 0.25) is 0 Å². The number of carbonyl (C=O) groups excluding carboxylic acids is 1. The van der Waals surface area contributed by atoms with Crippen molar-refractivity contribution < 1.29 is 4.79 Å². The second kappa shape index (κ2) is 7.34. The zero-order valence-corrected chi connectivity index (χ0v) is 13.7. The molecule has 0 radical (unpaired) electrons. The van der Waals surface area contributed by atoms with Gasteiger partial charge in [0.15, 0.2) is 0 Å². The summed E-state index contributed by atoms with van der Waals surface area (Å²) in [5.74, 6) is 2.43. The summed E-state index contributed by atoms with van der Waals surface area (Å²) in [6, 6.07) is 8.20. The molecule has 1 aromatic rings. The van der Waals surface area contributed by atoms with Crippen LogP contribution >= 0.6 is 27.7 Å². The van der Waals surface area contributed by atoms with Crippen LogP contribution in [0, 0.1) is 5.92 Å².